The van der Waals surface area contributed by atoms with Gasteiger partial charge in [0.25, 0.3) is 0 Å². The second-order valence-corrected chi connectivity index (χ2v) is 7.07. The minimum Gasteiger partial charge on any atom is -0.445 e. The van der Waals surface area contributed by atoms with Crippen molar-refractivity contribution < 1.29 is 19.1 Å². The highest BCUT2D eigenvalue weighted by Gasteiger charge is 2.34. The molecule has 27 heavy (non-hydrogen) atoms. The molecule has 7 nitrogen and oxygen atoms in total. The second kappa shape index (κ2) is 9.60. The smallest absolute Gasteiger partial charge is 0.410 e. The molecule has 0 N–H and O–H groups in total. The number of carbonyl (C=O) groups excluding carboxylic acids is 2. The lowest BCUT2D eigenvalue weighted by Crippen LogP contribution is -2.56. The van der Waals surface area contributed by atoms with E-state index in [1.165, 1.54) is 0 Å². The minimum absolute atomic E-state index is 0.100. The van der Waals surface area contributed by atoms with Gasteiger partial charge in [-0.2, -0.15) is 0 Å². The molecule has 2 aliphatic heterocycles. The Hall–Kier alpha value is -2.28. The number of amides is 3. The molecule has 0 aliphatic carbocycles. The zero-order valence-corrected chi connectivity index (χ0v) is 16.0. The van der Waals surface area contributed by atoms with Crippen molar-refractivity contribution in [2.45, 2.75) is 31.9 Å². The van der Waals surface area contributed by atoms with E-state index in [1.54, 1.807) is 12.0 Å². The first kappa shape index (κ1) is 19.5. The van der Waals surface area contributed by atoms with Crippen LogP contribution < -0.4 is 0 Å². The Kier molecular flexibility index (Phi) is 6.92. The average molecular weight is 375 g/mol. The number of hydrogen-bond donors (Lipinski definition) is 0. The van der Waals surface area contributed by atoms with E-state index in [0.29, 0.717) is 32.8 Å². The molecule has 0 bridgehead atoms. The van der Waals surface area contributed by atoms with Crippen molar-refractivity contribution in [1.29, 1.82) is 0 Å². The van der Waals surface area contributed by atoms with Gasteiger partial charge in [-0.05, 0) is 24.8 Å². The van der Waals surface area contributed by atoms with Crippen LogP contribution in [-0.4, -0.2) is 79.3 Å². The predicted molar refractivity (Wildman–Crippen MR) is 101 cm³/mol. The van der Waals surface area contributed by atoms with Crippen molar-refractivity contribution in [2.24, 2.45) is 0 Å². The lowest BCUT2D eigenvalue weighted by atomic mass is 10.0. The molecule has 2 heterocycles. The van der Waals surface area contributed by atoms with Gasteiger partial charge >= 0.3 is 12.1 Å². The van der Waals surface area contributed by atoms with Crippen molar-refractivity contribution in [1.82, 2.24) is 14.7 Å². The van der Waals surface area contributed by atoms with Crippen molar-refractivity contribution in [2.75, 3.05) is 46.4 Å². The van der Waals surface area contributed by atoms with E-state index in [9.17, 15) is 9.59 Å². The van der Waals surface area contributed by atoms with Crippen LogP contribution in [-0.2, 0) is 16.1 Å². The average Bonchev–Trinajstić information content (AvgIpc) is 2.72. The number of likely N-dealkylation sites (tertiary alicyclic amines) is 1. The Morgan fingerprint density at radius 2 is 1.85 bits per heavy atom. The number of benzene rings is 1. The fourth-order valence-electron chi connectivity index (χ4n) is 3.72. The van der Waals surface area contributed by atoms with Gasteiger partial charge in [0.15, 0.2) is 0 Å². The third-order valence-corrected chi connectivity index (χ3v) is 5.28. The molecule has 3 amide bonds. The van der Waals surface area contributed by atoms with Crippen molar-refractivity contribution in [3.63, 3.8) is 0 Å². The van der Waals surface area contributed by atoms with E-state index < -0.39 is 0 Å². The Morgan fingerprint density at radius 3 is 2.56 bits per heavy atom. The molecule has 3 rings (SSSR count). The van der Waals surface area contributed by atoms with Gasteiger partial charge in [0.05, 0.1) is 6.61 Å². The first-order valence-corrected chi connectivity index (χ1v) is 9.69. The van der Waals surface area contributed by atoms with Crippen LogP contribution in [0.1, 0.15) is 24.8 Å². The molecule has 148 valence electrons. The summed E-state index contributed by atoms with van der Waals surface area (Å²) in [5, 5.41) is 0. The first-order chi connectivity index (χ1) is 13.2. The number of hydrogen-bond acceptors (Lipinski definition) is 4. The number of methoxy groups -OCH3 is 1. The third kappa shape index (κ3) is 5.13. The van der Waals surface area contributed by atoms with Crippen molar-refractivity contribution in [3.8, 4) is 0 Å². The number of nitrogens with zero attached hydrogens (tertiary/aromatic N) is 3. The molecule has 0 aromatic heterocycles. The van der Waals surface area contributed by atoms with Gasteiger partial charge in [0.2, 0.25) is 0 Å². The van der Waals surface area contributed by atoms with Crippen molar-refractivity contribution in [3.05, 3.63) is 35.9 Å². The fourth-order valence-corrected chi connectivity index (χ4v) is 3.72. The van der Waals surface area contributed by atoms with Crippen LogP contribution in [0.3, 0.4) is 0 Å². The third-order valence-electron chi connectivity index (χ3n) is 5.28. The van der Waals surface area contributed by atoms with E-state index in [4.69, 9.17) is 9.47 Å². The highest BCUT2D eigenvalue weighted by molar-refractivity contribution is 5.75. The number of urea groups is 1. The highest BCUT2D eigenvalue weighted by Crippen LogP contribution is 2.22. The molecule has 1 aromatic rings. The van der Waals surface area contributed by atoms with Crippen LogP contribution in [0.5, 0.6) is 0 Å². The highest BCUT2D eigenvalue weighted by atomic mass is 16.6. The van der Waals surface area contributed by atoms with Crippen LogP contribution in [0.15, 0.2) is 30.3 Å². The maximum absolute atomic E-state index is 12.7. The normalized spacial score (nSPS) is 18.7. The van der Waals surface area contributed by atoms with Crippen LogP contribution in [0, 0.1) is 0 Å². The predicted octanol–water partition coefficient (Wildman–Crippen LogP) is 2.56. The van der Waals surface area contributed by atoms with Gasteiger partial charge in [-0.15, -0.1) is 0 Å². The molecular weight excluding hydrogens is 346 g/mol. The van der Waals surface area contributed by atoms with Gasteiger partial charge < -0.3 is 24.2 Å². The Morgan fingerprint density at radius 1 is 1.11 bits per heavy atom. The van der Waals surface area contributed by atoms with E-state index in [-0.39, 0.29) is 18.2 Å². The summed E-state index contributed by atoms with van der Waals surface area (Å²) in [4.78, 5) is 30.6. The summed E-state index contributed by atoms with van der Waals surface area (Å²) >= 11 is 0. The van der Waals surface area contributed by atoms with Gasteiger partial charge in [0.1, 0.15) is 6.61 Å². The molecule has 0 atom stereocenters. The number of piperidine rings is 1. The number of carbonyl (C=O) groups is 2. The molecule has 0 spiro atoms. The molecule has 2 aliphatic rings. The molecule has 0 radical (unpaired) electrons. The van der Waals surface area contributed by atoms with Gasteiger partial charge in [0, 0.05) is 45.9 Å². The molecule has 0 saturated carbocycles. The minimum atomic E-state index is -0.274. The lowest BCUT2D eigenvalue weighted by molar-refractivity contribution is 0.0565. The van der Waals surface area contributed by atoms with Crippen molar-refractivity contribution >= 4 is 12.1 Å². The Bertz CT molecular complexity index is 617. The summed E-state index contributed by atoms with van der Waals surface area (Å²) in [7, 11) is 1.65. The zero-order valence-electron chi connectivity index (χ0n) is 16.0. The summed E-state index contributed by atoms with van der Waals surface area (Å²) in [5.74, 6) is 0. The first-order valence-electron chi connectivity index (χ1n) is 9.69. The molecule has 0 unspecified atom stereocenters. The van der Waals surface area contributed by atoms with Crippen LogP contribution >= 0.6 is 0 Å². The Labute approximate surface area is 160 Å². The summed E-state index contributed by atoms with van der Waals surface area (Å²) in [5.41, 5.74) is 0.982. The van der Waals surface area contributed by atoms with Gasteiger partial charge in [-0.25, -0.2) is 9.59 Å². The SMILES string of the molecule is COCCN1CCCN(C2CCN(C(=O)OCc3ccccc3)CC2)C1=O. The van der Waals surface area contributed by atoms with Crippen LogP contribution in [0.2, 0.25) is 0 Å². The standard InChI is InChI=1S/C20H29N3O4/c1-26-15-14-21-10-5-11-23(19(21)24)18-8-12-22(13-9-18)20(25)27-16-17-6-3-2-4-7-17/h2-4,6-7,18H,5,8-16H2,1H3. The largest absolute Gasteiger partial charge is 0.445 e. The van der Waals surface area contributed by atoms with Gasteiger partial charge in [-0.3, -0.25) is 0 Å². The van der Waals surface area contributed by atoms with E-state index in [0.717, 1.165) is 37.9 Å². The zero-order chi connectivity index (χ0) is 19.1. The van der Waals surface area contributed by atoms with E-state index in [1.807, 2.05) is 40.1 Å². The summed E-state index contributed by atoms with van der Waals surface area (Å²) in [6, 6.07) is 9.98. The van der Waals surface area contributed by atoms with Crippen LogP contribution in [0.25, 0.3) is 0 Å². The summed E-state index contributed by atoms with van der Waals surface area (Å²) in [6.45, 7) is 4.33. The Balaban J connectivity index is 1.45. The quantitative estimate of drug-likeness (QED) is 0.767. The topological polar surface area (TPSA) is 62.3 Å². The fraction of sp³-hybridized carbons (Fsp3) is 0.600. The van der Waals surface area contributed by atoms with Crippen LogP contribution in [0.4, 0.5) is 9.59 Å². The molecular formula is C20H29N3O4. The maximum atomic E-state index is 12.7. The summed E-state index contributed by atoms with van der Waals surface area (Å²) in [6.07, 6.45) is 2.30. The molecule has 7 heteroatoms. The van der Waals surface area contributed by atoms with Gasteiger partial charge in [-0.1, -0.05) is 30.3 Å². The second-order valence-electron chi connectivity index (χ2n) is 7.07. The number of ether oxygens (including phenoxy) is 2. The van der Waals surface area contributed by atoms with E-state index >= 15 is 0 Å². The molecule has 1 aromatic carbocycles. The molecule has 2 saturated heterocycles. The lowest BCUT2D eigenvalue weighted by Gasteiger charge is -2.43. The van der Waals surface area contributed by atoms with E-state index in [2.05, 4.69) is 0 Å². The number of rotatable bonds is 6. The monoisotopic (exact) mass is 375 g/mol. The molecule has 2 fully saturated rings. The maximum Gasteiger partial charge on any atom is 0.410 e. The summed E-state index contributed by atoms with van der Waals surface area (Å²) < 4.78 is 10.5.